The molecule has 0 aliphatic carbocycles. The van der Waals surface area contributed by atoms with Crippen molar-refractivity contribution in [2.45, 2.75) is 25.8 Å². The van der Waals surface area contributed by atoms with Gasteiger partial charge in [-0.05, 0) is 32.9 Å². The van der Waals surface area contributed by atoms with E-state index in [9.17, 15) is 0 Å². The maximum atomic E-state index is 8.51. The van der Waals surface area contributed by atoms with Gasteiger partial charge in [0.25, 0.3) is 0 Å². The fourth-order valence-corrected chi connectivity index (χ4v) is 1.61. The van der Waals surface area contributed by atoms with Gasteiger partial charge >= 0.3 is 0 Å². The van der Waals surface area contributed by atoms with Crippen LogP contribution in [0.5, 0.6) is 0 Å². The maximum Gasteiger partial charge on any atom is 0.0698 e. The van der Waals surface area contributed by atoms with E-state index in [1.165, 1.54) is 25.9 Å². The van der Waals surface area contributed by atoms with E-state index in [-0.39, 0.29) is 6.61 Å². The predicted octanol–water partition coefficient (Wildman–Crippen LogP) is 0.480. The van der Waals surface area contributed by atoms with Crippen LogP contribution in [0.3, 0.4) is 0 Å². The second-order valence-electron chi connectivity index (χ2n) is 3.39. The van der Waals surface area contributed by atoms with Crippen molar-refractivity contribution in [1.29, 1.82) is 0 Å². The highest BCUT2D eigenvalue weighted by Gasteiger charge is 2.17. The largest absolute Gasteiger partial charge is 0.394 e. The van der Waals surface area contributed by atoms with E-state index in [1.807, 2.05) is 0 Å². The third-order valence-electron chi connectivity index (χ3n) is 2.36. The molecule has 0 bridgehead atoms. The van der Waals surface area contributed by atoms with E-state index < -0.39 is 0 Å². The van der Waals surface area contributed by atoms with Crippen LogP contribution < -0.4 is 0 Å². The van der Waals surface area contributed by atoms with Gasteiger partial charge in [0.05, 0.1) is 19.8 Å². The molecule has 1 aliphatic rings. The van der Waals surface area contributed by atoms with Gasteiger partial charge in [-0.2, -0.15) is 0 Å². The molecule has 0 saturated carbocycles. The quantitative estimate of drug-likeness (QED) is 0.614. The fourth-order valence-electron chi connectivity index (χ4n) is 1.61. The smallest absolute Gasteiger partial charge is 0.0698 e. The van der Waals surface area contributed by atoms with Gasteiger partial charge in [0.1, 0.15) is 0 Å². The van der Waals surface area contributed by atoms with Crippen LogP contribution >= 0.6 is 0 Å². The van der Waals surface area contributed by atoms with Crippen molar-refractivity contribution < 1.29 is 9.84 Å². The van der Waals surface area contributed by atoms with Crippen LogP contribution in [0, 0.1) is 0 Å². The first-order valence-corrected chi connectivity index (χ1v) is 4.77. The SMILES string of the molecule is CC(COCCO)N1CCCC1. The number of ether oxygens (including phenoxy) is 1. The average Bonchev–Trinajstić information content (AvgIpc) is 2.56. The Morgan fingerprint density at radius 3 is 2.67 bits per heavy atom. The molecule has 3 heteroatoms. The summed E-state index contributed by atoms with van der Waals surface area (Å²) in [5.74, 6) is 0. The number of hydrogen-bond acceptors (Lipinski definition) is 3. The van der Waals surface area contributed by atoms with Crippen LogP contribution in [-0.4, -0.2) is 49.0 Å². The lowest BCUT2D eigenvalue weighted by Gasteiger charge is -2.23. The number of aliphatic hydroxyl groups is 1. The molecule has 0 spiro atoms. The molecule has 0 aromatic rings. The van der Waals surface area contributed by atoms with Gasteiger partial charge in [-0.15, -0.1) is 0 Å². The summed E-state index contributed by atoms with van der Waals surface area (Å²) in [7, 11) is 0. The van der Waals surface area contributed by atoms with Crippen molar-refractivity contribution in [3.8, 4) is 0 Å². The first-order chi connectivity index (χ1) is 5.84. The molecule has 1 saturated heterocycles. The Balaban J connectivity index is 2.05. The highest BCUT2D eigenvalue weighted by molar-refractivity contribution is 4.72. The van der Waals surface area contributed by atoms with Crippen molar-refractivity contribution in [3.05, 3.63) is 0 Å². The zero-order valence-corrected chi connectivity index (χ0v) is 7.83. The monoisotopic (exact) mass is 173 g/mol. The lowest BCUT2D eigenvalue weighted by Crippen LogP contribution is -2.34. The minimum absolute atomic E-state index is 0.132. The zero-order chi connectivity index (χ0) is 8.81. The molecule has 12 heavy (non-hydrogen) atoms. The van der Waals surface area contributed by atoms with Crippen molar-refractivity contribution in [1.82, 2.24) is 4.90 Å². The standard InChI is InChI=1S/C9H19NO2/c1-9(8-12-7-6-11)10-4-2-3-5-10/h9,11H,2-8H2,1H3. The average molecular weight is 173 g/mol. The van der Waals surface area contributed by atoms with Crippen LogP contribution in [0.25, 0.3) is 0 Å². The number of rotatable bonds is 5. The zero-order valence-electron chi connectivity index (χ0n) is 7.83. The third-order valence-corrected chi connectivity index (χ3v) is 2.36. The minimum Gasteiger partial charge on any atom is -0.394 e. The first kappa shape index (κ1) is 9.96. The molecule has 0 radical (unpaired) electrons. The molecule has 1 rings (SSSR count). The number of hydrogen-bond donors (Lipinski definition) is 1. The summed E-state index contributed by atoms with van der Waals surface area (Å²) in [5, 5.41) is 8.51. The molecule has 72 valence electrons. The van der Waals surface area contributed by atoms with Crippen LogP contribution in [0.4, 0.5) is 0 Å². The highest BCUT2D eigenvalue weighted by Crippen LogP contribution is 2.11. The summed E-state index contributed by atoms with van der Waals surface area (Å²) in [5.41, 5.74) is 0. The van der Waals surface area contributed by atoms with E-state index in [2.05, 4.69) is 11.8 Å². The van der Waals surface area contributed by atoms with E-state index in [0.29, 0.717) is 12.6 Å². The summed E-state index contributed by atoms with van der Waals surface area (Å²) < 4.78 is 5.27. The van der Waals surface area contributed by atoms with Crippen molar-refractivity contribution >= 4 is 0 Å². The van der Waals surface area contributed by atoms with Crippen molar-refractivity contribution in [2.24, 2.45) is 0 Å². The van der Waals surface area contributed by atoms with Crippen LogP contribution in [0.2, 0.25) is 0 Å². The topological polar surface area (TPSA) is 32.7 Å². The summed E-state index contributed by atoms with van der Waals surface area (Å²) in [6.07, 6.45) is 2.65. The minimum atomic E-state index is 0.132. The molecule has 1 N–H and O–H groups in total. The van der Waals surface area contributed by atoms with Gasteiger partial charge in [0.2, 0.25) is 0 Å². The van der Waals surface area contributed by atoms with E-state index in [0.717, 1.165) is 6.61 Å². The Bertz CT molecular complexity index is 113. The van der Waals surface area contributed by atoms with Crippen LogP contribution in [-0.2, 0) is 4.74 Å². The summed E-state index contributed by atoms with van der Waals surface area (Å²) in [6, 6.07) is 0.513. The Labute approximate surface area is 74.3 Å². The number of likely N-dealkylation sites (tertiary alicyclic amines) is 1. The summed E-state index contributed by atoms with van der Waals surface area (Å²) in [6.45, 7) is 5.96. The van der Waals surface area contributed by atoms with Crippen molar-refractivity contribution in [2.75, 3.05) is 32.9 Å². The number of nitrogens with zero attached hydrogens (tertiary/aromatic N) is 1. The Morgan fingerprint density at radius 2 is 2.08 bits per heavy atom. The molecule has 0 aromatic carbocycles. The maximum absolute atomic E-state index is 8.51. The van der Waals surface area contributed by atoms with Gasteiger partial charge in [-0.3, -0.25) is 4.90 Å². The normalized spacial score (nSPS) is 21.5. The molecule has 3 nitrogen and oxygen atoms in total. The molecule has 0 amide bonds. The van der Waals surface area contributed by atoms with Crippen molar-refractivity contribution in [3.63, 3.8) is 0 Å². The molecule has 1 unspecified atom stereocenters. The fraction of sp³-hybridized carbons (Fsp3) is 1.00. The molecular weight excluding hydrogens is 154 g/mol. The molecule has 1 heterocycles. The van der Waals surface area contributed by atoms with Gasteiger partial charge < -0.3 is 9.84 Å². The molecule has 0 aromatic heterocycles. The van der Waals surface area contributed by atoms with Gasteiger partial charge in [0.15, 0.2) is 0 Å². The second-order valence-corrected chi connectivity index (χ2v) is 3.39. The van der Waals surface area contributed by atoms with Crippen LogP contribution in [0.1, 0.15) is 19.8 Å². The molecule has 1 atom stereocenters. The lowest BCUT2D eigenvalue weighted by molar-refractivity contribution is 0.0528. The Kier molecular flexibility index (Phi) is 4.58. The summed E-state index contributed by atoms with van der Waals surface area (Å²) in [4.78, 5) is 2.44. The molecule has 1 aliphatic heterocycles. The van der Waals surface area contributed by atoms with Crippen LogP contribution in [0.15, 0.2) is 0 Å². The van der Waals surface area contributed by atoms with Gasteiger partial charge in [0, 0.05) is 6.04 Å². The predicted molar refractivity (Wildman–Crippen MR) is 48.2 cm³/mol. The first-order valence-electron chi connectivity index (χ1n) is 4.77. The van der Waals surface area contributed by atoms with Gasteiger partial charge in [-0.25, -0.2) is 0 Å². The molecule has 1 fully saturated rings. The van der Waals surface area contributed by atoms with E-state index in [4.69, 9.17) is 9.84 Å². The van der Waals surface area contributed by atoms with Gasteiger partial charge in [-0.1, -0.05) is 0 Å². The Morgan fingerprint density at radius 1 is 1.42 bits per heavy atom. The number of aliphatic hydroxyl groups excluding tert-OH is 1. The summed E-state index contributed by atoms with van der Waals surface area (Å²) >= 11 is 0. The Hall–Kier alpha value is -0.120. The molecular formula is C9H19NO2. The van der Waals surface area contributed by atoms with E-state index >= 15 is 0 Å². The highest BCUT2D eigenvalue weighted by atomic mass is 16.5. The second kappa shape index (κ2) is 5.51. The lowest BCUT2D eigenvalue weighted by atomic mass is 10.3. The third kappa shape index (κ3) is 3.09. The van der Waals surface area contributed by atoms with E-state index in [1.54, 1.807) is 0 Å².